The van der Waals surface area contributed by atoms with Gasteiger partial charge in [-0.05, 0) is 0 Å². The summed E-state index contributed by atoms with van der Waals surface area (Å²) in [5.41, 5.74) is 0. The van der Waals surface area contributed by atoms with Gasteiger partial charge in [-0.15, -0.1) is 0 Å². The Morgan fingerprint density at radius 3 is 2.42 bits per heavy atom. The summed E-state index contributed by atoms with van der Waals surface area (Å²) >= 11 is 0.593. The summed E-state index contributed by atoms with van der Waals surface area (Å²) in [4.78, 5) is 11.1. The summed E-state index contributed by atoms with van der Waals surface area (Å²) < 4.78 is 4.79. The van der Waals surface area contributed by atoms with Gasteiger partial charge in [0.15, 0.2) is 0 Å². The second kappa shape index (κ2) is 9.39. The quantitative estimate of drug-likeness (QED) is 0.752. The Morgan fingerprint density at radius 2 is 2.08 bits per heavy atom. The minimum absolute atomic E-state index is 0. The molecule has 0 spiro atoms. The zero-order valence-corrected chi connectivity index (χ0v) is 11.1. The van der Waals surface area contributed by atoms with Crippen molar-refractivity contribution in [2.24, 2.45) is 5.92 Å². The van der Waals surface area contributed by atoms with Crippen LogP contribution in [0.15, 0.2) is 0 Å². The Kier molecular flexibility index (Phi) is 11.6. The van der Waals surface area contributed by atoms with Crippen LogP contribution in [0.3, 0.4) is 0 Å². The number of hydrogen-bond donors (Lipinski definition) is 0. The number of rotatable bonds is 5. The van der Waals surface area contributed by atoms with Crippen LogP contribution in [0.1, 0.15) is 39.5 Å². The minimum atomic E-state index is 0. The third kappa shape index (κ3) is 5.89. The number of unbranched alkanes of at least 4 members (excludes halogenated alkanes) is 1. The fraction of sp³-hybridized carbons (Fsp3) is 0.875. The molecule has 3 nitrogen and oxygen atoms in total. The van der Waals surface area contributed by atoms with Crippen LogP contribution >= 0.6 is 0 Å². The van der Waals surface area contributed by atoms with E-state index >= 15 is 0 Å². The van der Waals surface area contributed by atoms with E-state index in [1.165, 1.54) is 0 Å². The first-order valence-electron chi connectivity index (χ1n) is 4.16. The molecule has 0 aromatic carbocycles. The van der Waals surface area contributed by atoms with Gasteiger partial charge in [-0.1, -0.05) is 0 Å². The van der Waals surface area contributed by atoms with Gasteiger partial charge in [0, 0.05) is 0 Å². The molecule has 0 aromatic heterocycles. The third-order valence-electron chi connectivity index (χ3n) is 1.85. The Balaban J connectivity index is 0. The van der Waals surface area contributed by atoms with Gasteiger partial charge in [0.2, 0.25) is 0 Å². The molecule has 1 unspecified atom stereocenters. The first-order chi connectivity index (χ1) is 5.26. The maximum Gasteiger partial charge on any atom is -0.412 e. The van der Waals surface area contributed by atoms with Gasteiger partial charge in [0.25, 0.3) is 0 Å². The van der Waals surface area contributed by atoms with Crippen LogP contribution in [0.2, 0.25) is 0 Å². The van der Waals surface area contributed by atoms with Crippen LogP contribution in [-0.2, 0) is 7.65 Å². The molecule has 0 aliphatic carbocycles. The van der Waals surface area contributed by atoms with Crippen LogP contribution < -0.4 is 0 Å². The number of carbonyl (C=O) groups excluding carboxylic acids is 1. The van der Waals surface area contributed by atoms with Crippen molar-refractivity contribution in [3.05, 3.63) is 0 Å². The van der Waals surface area contributed by atoms with E-state index in [9.17, 15) is 4.79 Å². The molecule has 0 aliphatic rings. The largest absolute Gasteiger partial charge is 0.412 e. The van der Waals surface area contributed by atoms with E-state index in [1.807, 2.05) is 6.92 Å². The first-order valence-corrected chi connectivity index (χ1v) is 5.51. The van der Waals surface area contributed by atoms with Crippen LogP contribution in [0.25, 0.3) is 0 Å². The van der Waals surface area contributed by atoms with Crippen molar-refractivity contribution in [3.63, 3.8) is 0 Å². The van der Waals surface area contributed by atoms with Gasteiger partial charge in [0.1, 0.15) is 0 Å². The Bertz CT molecular complexity index is 117. The summed E-state index contributed by atoms with van der Waals surface area (Å²) in [6.45, 7) is 4.18. The minimum Gasteiger partial charge on any atom is -0.412 e. The maximum absolute atomic E-state index is 11.1. The van der Waals surface area contributed by atoms with Gasteiger partial charge in [-0.3, -0.25) is 0 Å². The van der Waals surface area contributed by atoms with Gasteiger partial charge in [0.05, 0.1) is 0 Å². The monoisotopic (exact) mass is 276 g/mol. The predicted octanol–water partition coefficient (Wildman–Crippen LogP) is 1.00. The standard InChI is InChI=1S/C8H16O2.In.H2O/c1-3-5-6-7(4-2)8(9)10;;/h7H,3-6H2,1-2H3,(H,9,10);;1H2/q;+1;/p-1. The molecule has 0 aromatic rings. The summed E-state index contributed by atoms with van der Waals surface area (Å²) in [5.74, 6) is 0.161. The molecule has 0 rings (SSSR count). The van der Waals surface area contributed by atoms with Crippen molar-refractivity contribution in [1.82, 2.24) is 0 Å². The molecule has 4 heteroatoms. The number of carbonyl (C=O) groups is 1. The summed E-state index contributed by atoms with van der Waals surface area (Å²) in [6.07, 6.45) is 4.20. The molecule has 2 N–H and O–H groups in total. The fourth-order valence-corrected chi connectivity index (χ4v) is 1.58. The normalized spacial score (nSPS) is 11.5. The van der Waals surface area contributed by atoms with E-state index < -0.39 is 0 Å². The van der Waals surface area contributed by atoms with E-state index in [0.717, 1.165) is 25.7 Å². The van der Waals surface area contributed by atoms with Crippen molar-refractivity contribution < 1.29 is 13.1 Å². The van der Waals surface area contributed by atoms with Crippen molar-refractivity contribution in [1.29, 1.82) is 0 Å². The summed E-state index contributed by atoms with van der Waals surface area (Å²) in [7, 11) is 0. The predicted molar refractivity (Wildman–Crippen MR) is 48.8 cm³/mol. The molecule has 0 saturated carbocycles. The van der Waals surface area contributed by atoms with Gasteiger partial charge >= 0.3 is 83.9 Å². The third-order valence-corrected chi connectivity index (χ3v) is 2.51. The average molecular weight is 276 g/mol. The van der Waals surface area contributed by atoms with Crippen LogP contribution in [0.4, 0.5) is 0 Å². The van der Waals surface area contributed by atoms with Crippen LogP contribution in [-0.4, -0.2) is 36.3 Å². The van der Waals surface area contributed by atoms with Crippen molar-refractivity contribution in [3.8, 4) is 0 Å². The topological polar surface area (TPSA) is 57.8 Å². The first kappa shape index (κ1) is 14.8. The Hall–Kier alpha value is 0.300. The second-order valence-corrected chi connectivity index (χ2v) is 3.36. The zero-order valence-electron chi connectivity index (χ0n) is 7.80. The van der Waals surface area contributed by atoms with Crippen molar-refractivity contribution in [2.75, 3.05) is 0 Å². The summed E-state index contributed by atoms with van der Waals surface area (Å²) in [6, 6.07) is 0. The van der Waals surface area contributed by atoms with Gasteiger partial charge in [-0.2, -0.15) is 0 Å². The van der Waals surface area contributed by atoms with Gasteiger partial charge < -0.3 is 5.48 Å². The SMILES string of the molecule is CCCCC(CC)C(=O)[O][In].O. The van der Waals surface area contributed by atoms with E-state index in [0.29, 0.717) is 24.8 Å². The molecule has 0 heterocycles. The van der Waals surface area contributed by atoms with Crippen molar-refractivity contribution >= 4 is 30.8 Å². The maximum atomic E-state index is 11.1. The van der Waals surface area contributed by atoms with Gasteiger partial charge in [-0.25, -0.2) is 0 Å². The Morgan fingerprint density at radius 1 is 1.50 bits per heavy atom. The molecule has 12 heavy (non-hydrogen) atoms. The van der Waals surface area contributed by atoms with Crippen LogP contribution in [0, 0.1) is 5.92 Å². The van der Waals surface area contributed by atoms with Crippen LogP contribution in [0.5, 0.6) is 0 Å². The van der Waals surface area contributed by atoms with Crippen molar-refractivity contribution in [2.45, 2.75) is 39.5 Å². The molecular weight excluding hydrogens is 259 g/mol. The molecule has 0 saturated heterocycles. The zero-order chi connectivity index (χ0) is 8.69. The van der Waals surface area contributed by atoms with E-state index in [-0.39, 0.29) is 17.4 Å². The smallest absolute Gasteiger partial charge is 0.412 e. The molecular formula is C8H17InO3. The molecule has 1 atom stereocenters. The summed E-state index contributed by atoms with van der Waals surface area (Å²) in [5, 5.41) is 0. The Labute approximate surface area is 89.4 Å². The molecule has 0 bridgehead atoms. The van der Waals surface area contributed by atoms with E-state index in [2.05, 4.69) is 6.92 Å². The van der Waals surface area contributed by atoms with E-state index in [1.54, 1.807) is 0 Å². The molecule has 70 valence electrons. The van der Waals surface area contributed by atoms with E-state index in [4.69, 9.17) is 2.85 Å². The molecule has 0 fully saturated rings. The average Bonchev–Trinajstić information content (AvgIpc) is 2.05. The molecule has 0 aliphatic heterocycles. The second-order valence-electron chi connectivity index (χ2n) is 2.68. The molecule has 2 radical (unpaired) electrons. The fourth-order valence-electron chi connectivity index (χ4n) is 1.04. The molecule has 0 amide bonds. The number of hydrogen-bond acceptors (Lipinski definition) is 2.